The van der Waals surface area contributed by atoms with Crippen LogP contribution in [0.15, 0.2) is 30.3 Å². The van der Waals surface area contributed by atoms with Crippen molar-refractivity contribution < 1.29 is 19.1 Å². The van der Waals surface area contributed by atoms with E-state index in [1.165, 1.54) is 0 Å². The van der Waals surface area contributed by atoms with E-state index in [0.29, 0.717) is 38.9 Å². The average Bonchev–Trinajstić information content (AvgIpc) is 2.69. The van der Waals surface area contributed by atoms with Gasteiger partial charge in [-0.1, -0.05) is 52.9 Å². The first-order valence-electron chi connectivity index (χ1n) is 7.65. The molecule has 1 saturated heterocycles. The Labute approximate surface area is 143 Å². The molecule has 0 unspecified atom stereocenters. The van der Waals surface area contributed by atoms with Gasteiger partial charge in [-0.15, -0.1) is 0 Å². The fraction of sp³-hybridized carbons (Fsp3) is 0.529. The summed E-state index contributed by atoms with van der Waals surface area (Å²) in [6.07, 6.45) is 2.27. The standard InChI is InChI=1S/C17H19IO4/c18-15-13-7-8-14(19)17(15,16(20)22-13)9-4-10-21-11-12-5-2-1-3-6-12/h1-3,5-6,13,15H,4,7-11H2/t13-,15+,17+/m1/s1. The number of hydrogen-bond donors (Lipinski definition) is 0. The molecular weight excluding hydrogens is 395 g/mol. The number of fused-ring (bicyclic) bond motifs is 2. The van der Waals surface area contributed by atoms with Crippen molar-refractivity contribution in [3.05, 3.63) is 35.9 Å². The largest absolute Gasteiger partial charge is 0.460 e. The van der Waals surface area contributed by atoms with Gasteiger partial charge in [0, 0.05) is 13.0 Å². The topological polar surface area (TPSA) is 52.6 Å². The van der Waals surface area contributed by atoms with E-state index in [0.717, 1.165) is 5.56 Å². The smallest absolute Gasteiger partial charge is 0.321 e. The number of carbonyl (C=O) groups is 2. The van der Waals surface area contributed by atoms with E-state index in [1.807, 2.05) is 30.3 Å². The molecule has 1 aromatic rings. The molecule has 2 fully saturated rings. The van der Waals surface area contributed by atoms with Gasteiger partial charge < -0.3 is 9.47 Å². The molecule has 1 heterocycles. The maximum absolute atomic E-state index is 12.3. The summed E-state index contributed by atoms with van der Waals surface area (Å²) < 4.78 is 11.0. The number of hydrogen-bond acceptors (Lipinski definition) is 4. The van der Waals surface area contributed by atoms with Gasteiger partial charge in [0.05, 0.1) is 10.5 Å². The molecule has 0 N–H and O–H groups in total. The third-order valence-corrected chi connectivity index (χ3v) is 6.41. The van der Waals surface area contributed by atoms with Crippen molar-refractivity contribution in [1.29, 1.82) is 0 Å². The van der Waals surface area contributed by atoms with Gasteiger partial charge in [0.2, 0.25) is 0 Å². The zero-order valence-electron chi connectivity index (χ0n) is 12.3. The summed E-state index contributed by atoms with van der Waals surface area (Å²) in [6, 6.07) is 9.97. The lowest BCUT2D eigenvalue weighted by Gasteiger charge is -2.31. The Bertz CT molecular complexity index is 549. The molecule has 0 spiro atoms. The number of ketones is 1. The normalized spacial score (nSPS) is 30.4. The highest BCUT2D eigenvalue weighted by Gasteiger charge is 2.62. The van der Waals surface area contributed by atoms with Crippen LogP contribution in [0.4, 0.5) is 0 Å². The van der Waals surface area contributed by atoms with Crippen molar-refractivity contribution in [1.82, 2.24) is 0 Å². The number of esters is 1. The summed E-state index contributed by atoms with van der Waals surface area (Å²) in [7, 11) is 0. The van der Waals surface area contributed by atoms with E-state index in [1.54, 1.807) is 0 Å². The maximum Gasteiger partial charge on any atom is 0.321 e. The van der Waals surface area contributed by atoms with Crippen LogP contribution in [-0.2, 0) is 25.7 Å². The van der Waals surface area contributed by atoms with Gasteiger partial charge in [-0.3, -0.25) is 9.59 Å². The second-order valence-electron chi connectivity index (χ2n) is 5.92. The summed E-state index contributed by atoms with van der Waals surface area (Å²) in [4.78, 5) is 24.5. The predicted molar refractivity (Wildman–Crippen MR) is 89.7 cm³/mol. The summed E-state index contributed by atoms with van der Waals surface area (Å²) in [5.74, 6) is -0.267. The molecule has 1 aliphatic carbocycles. The Morgan fingerprint density at radius 2 is 2.05 bits per heavy atom. The molecule has 4 nitrogen and oxygen atoms in total. The Kier molecular flexibility index (Phi) is 4.82. The highest BCUT2D eigenvalue weighted by molar-refractivity contribution is 14.1. The highest BCUT2D eigenvalue weighted by Crippen LogP contribution is 2.49. The first-order valence-corrected chi connectivity index (χ1v) is 8.89. The van der Waals surface area contributed by atoms with Crippen LogP contribution in [0.1, 0.15) is 31.2 Å². The Balaban J connectivity index is 1.52. The number of halogens is 1. The minimum absolute atomic E-state index is 0.0343. The Morgan fingerprint density at radius 3 is 2.82 bits per heavy atom. The molecule has 3 atom stereocenters. The number of rotatable bonds is 6. The van der Waals surface area contributed by atoms with Crippen LogP contribution < -0.4 is 0 Å². The molecule has 1 saturated carbocycles. The number of alkyl halides is 1. The van der Waals surface area contributed by atoms with Gasteiger partial charge in [-0.25, -0.2) is 0 Å². The number of ether oxygens (including phenoxy) is 2. The lowest BCUT2D eigenvalue weighted by atomic mass is 9.71. The minimum Gasteiger partial charge on any atom is -0.460 e. The fourth-order valence-electron chi connectivity index (χ4n) is 3.30. The third kappa shape index (κ3) is 2.80. The van der Waals surface area contributed by atoms with Crippen molar-refractivity contribution in [2.75, 3.05) is 6.61 Å². The van der Waals surface area contributed by atoms with Crippen LogP contribution in [0.3, 0.4) is 0 Å². The van der Waals surface area contributed by atoms with Crippen LogP contribution in [0, 0.1) is 5.41 Å². The van der Waals surface area contributed by atoms with E-state index in [9.17, 15) is 9.59 Å². The second kappa shape index (κ2) is 6.66. The molecule has 22 heavy (non-hydrogen) atoms. The maximum atomic E-state index is 12.3. The van der Waals surface area contributed by atoms with Gasteiger partial charge in [-0.2, -0.15) is 0 Å². The second-order valence-corrected chi connectivity index (χ2v) is 7.26. The highest BCUT2D eigenvalue weighted by atomic mass is 127. The molecule has 118 valence electrons. The van der Waals surface area contributed by atoms with E-state index < -0.39 is 5.41 Å². The molecule has 3 rings (SSSR count). The number of carbonyl (C=O) groups excluding carboxylic acids is 2. The van der Waals surface area contributed by atoms with Gasteiger partial charge in [0.15, 0.2) is 5.78 Å². The minimum atomic E-state index is -0.917. The Hall–Kier alpha value is -0.950. The summed E-state index contributed by atoms with van der Waals surface area (Å²) in [5.41, 5.74) is 0.209. The van der Waals surface area contributed by atoms with Crippen LogP contribution in [0.25, 0.3) is 0 Å². The molecule has 1 aromatic carbocycles. The van der Waals surface area contributed by atoms with Crippen molar-refractivity contribution in [3.8, 4) is 0 Å². The first-order chi connectivity index (χ1) is 10.6. The van der Waals surface area contributed by atoms with E-state index in [4.69, 9.17) is 9.47 Å². The van der Waals surface area contributed by atoms with Gasteiger partial charge in [0.25, 0.3) is 0 Å². The SMILES string of the molecule is O=C1CC[C@H]2OC(=O)[C@]1(CCCOCc1ccccc1)[C@H]2I. The fourth-order valence-corrected chi connectivity index (χ4v) is 4.72. The number of benzene rings is 1. The van der Waals surface area contributed by atoms with E-state index in [2.05, 4.69) is 22.6 Å². The van der Waals surface area contributed by atoms with Crippen LogP contribution >= 0.6 is 22.6 Å². The van der Waals surface area contributed by atoms with E-state index >= 15 is 0 Å². The molecule has 5 heteroatoms. The molecule has 2 bridgehead atoms. The van der Waals surface area contributed by atoms with Crippen molar-refractivity contribution >= 4 is 34.3 Å². The van der Waals surface area contributed by atoms with Crippen LogP contribution in [0.5, 0.6) is 0 Å². The van der Waals surface area contributed by atoms with Crippen LogP contribution in [0.2, 0.25) is 0 Å². The molecule has 0 aromatic heterocycles. The molecular formula is C17H19IO4. The molecule has 0 radical (unpaired) electrons. The summed E-state index contributed by atoms with van der Waals surface area (Å²) >= 11 is 2.22. The quantitative estimate of drug-likeness (QED) is 0.236. The third-order valence-electron chi connectivity index (χ3n) is 4.54. The molecule has 2 aliphatic rings. The first kappa shape index (κ1) is 15.9. The Morgan fingerprint density at radius 1 is 1.27 bits per heavy atom. The zero-order valence-corrected chi connectivity index (χ0v) is 14.5. The predicted octanol–water partition coefficient (Wildman–Crippen LogP) is 3.06. The summed E-state index contributed by atoms with van der Waals surface area (Å²) in [5, 5.41) is 0. The van der Waals surface area contributed by atoms with Crippen molar-refractivity contribution in [2.24, 2.45) is 5.41 Å². The summed E-state index contributed by atoms with van der Waals surface area (Å²) in [6.45, 7) is 1.10. The molecule has 0 amide bonds. The van der Waals surface area contributed by atoms with Gasteiger partial charge in [0.1, 0.15) is 11.5 Å². The zero-order chi connectivity index (χ0) is 15.6. The lowest BCUT2D eigenvalue weighted by Crippen LogP contribution is -2.46. The van der Waals surface area contributed by atoms with E-state index in [-0.39, 0.29) is 21.8 Å². The van der Waals surface area contributed by atoms with Crippen molar-refractivity contribution in [2.45, 2.75) is 42.3 Å². The van der Waals surface area contributed by atoms with Crippen molar-refractivity contribution in [3.63, 3.8) is 0 Å². The lowest BCUT2D eigenvalue weighted by molar-refractivity contribution is -0.151. The van der Waals surface area contributed by atoms with Crippen LogP contribution in [-0.4, -0.2) is 28.4 Å². The van der Waals surface area contributed by atoms with Gasteiger partial charge in [-0.05, 0) is 24.8 Å². The monoisotopic (exact) mass is 414 g/mol. The molecule has 1 aliphatic heterocycles. The number of Topliss-reactive ketones (excluding diaryl/α,β-unsaturated/α-hetero) is 1. The van der Waals surface area contributed by atoms with Gasteiger partial charge >= 0.3 is 5.97 Å². The average molecular weight is 414 g/mol.